The zero-order valence-electron chi connectivity index (χ0n) is 44.2. The normalized spacial score (nSPS) is 36.6. The van der Waals surface area contributed by atoms with Crippen molar-refractivity contribution in [2.75, 3.05) is 49.4 Å². The number of H-pyrrole nitrogens is 2. The van der Waals surface area contributed by atoms with E-state index in [1.54, 1.807) is 12.1 Å². The van der Waals surface area contributed by atoms with Crippen molar-refractivity contribution in [2.24, 2.45) is 0 Å². The van der Waals surface area contributed by atoms with E-state index in [1.807, 2.05) is 0 Å². The van der Waals surface area contributed by atoms with Gasteiger partial charge in [-0.2, -0.15) is 20.2 Å². The van der Waals surface area contributed by atoms with Crippen molar-refractivity contribution in [3.63, 3.8) is 0 Å². The molecule has 14 rings (SSSR count). The van der Waals surface area contributed by atoms with Crippen molar-refractivity contribution in [2.45, 2.75) is 95.1 Å². The number of aromatic amines is 2. The number of nitrogens with two attached hydrogens (primary N) is 4. The molecule has 0 radical (unpaired) electrons. The van der Waals surface area contributed by atoms with E-state index in [-0.39, 0.29) is 47.1 Å². The maximum atomic E-state index is 13.5. The Hall–Kier alpha value is -5.21. The van der Waals surface area contributed by atoms with Gasteiger partial charge in [0, 0.05) is 12.8 Å². The van der Waals surface area contributed by atoms with Crippen molar-refractivity contribution in [1.29, 1.82) is 0 Å². The van der Waals surface area contributed by atoms with Gasteiger partial charge in [-0.05, 0) is 23.9 Å². The number of hydrogen-bond acceptors (Lipinski definition) is 34. The highest BCUT2D eigenvalue weighted by molar-refractivity contribution is 8.44. The molecule has 14 heterocycles. The van der Waals surface area contributed by atoms with Gasteiger partial charge in [0.1, 0.15) is 59.6 Å². The quantitative estimate of drug-likeness (QED) is 0.0784. The first kappa shape index (κ1) is 61.6. The van der Waals surface area contributed by atoms with E-state index in [1.165, 1.54) is 38.5 Å². The SMILES string of the molecule is Nc1nc2c(nnn2[C@@H]2S[C@@H]3COP(=O)(O)O[C@H]4C[C@H](c5cnc6c(N)ccnn56)O[C@@H]4COP(=O)(S)O[C@@H]2[C@@H]3O)c(=O)[nH]1.Nc1nc2c(nnn2[C@@H]2S[C@@H]3COP(=O)(O)O[C@H]4C[C@H](c5cnc6c(N)ccnn56)O[C@@H]4COP(O)(=S)O[C@@H]2[C@@H]3O)c(=O)[nH]1. The molecule has 0 aromatic carbocycles. The zero-order chi connectivity index (χ0) is 61.9. The van der Waals surface area contributed by atoms with Gasteiger partial charge in [0.05, 0.1) is 96.7 Å². The van der Waals surface area contributed by atoms with E-state index in [2.05, 4.69) is 73.0 Å². The Labute approximate surface area is 508 Å². The number of imidazole rings is 2. The van der Waals surface area contributed by atoms with E-state index in [0.717, 1.165) is 28.2 Å². The van der Waals surface area contributed by atoms with Crippen LogP contribution in [0.4, 0.5) is 23.3 Å². The lowest BCUT2D eigenvalue weighted by Crippen LogP contribution is -2.35. The second kappa shape index (κ2) is 23.5. The van der Waals surface area contributed by atoms with Gasteiger partial charge in [-0.15, -0.1) is 33.7 Å². The van der Waals surface area contributed by atoms with Crippen LogP contribution < -0.4 is 34.1 Å². The van der Waals surface area contributed by atoms with Crippen LogP contribution in [-0.2, 0) is 71.2 Å². The molecular formula is C40H48N20O20P4S4. The van der Waals surface area contributed by atoms with Crippen molar-refractivity contribution < 1.29 is 84.3 Å². The van der Waals surface area contributed by atoms with Crippen molar-refractivity contribution >= 4 is 134 Å². The van der Waals surface area contributed by atoms with Crippen LogP contribution in [0.2, 0.25) is 0 Å². The van der Waals surface area contributed by atoms with Gasteiger partial charge in [0.15, 0.2) is 33.6 Å². The number of aliphatic hydroxyl groups excluding tert-OH is 2. The first-order valence-electron chi connectivity index (χ1n) is 25.8. The van der Waals surface area contributed by atoms with Gasteiger partial charge in [-0.1, -0.05) is 22.7 Å². The minimum atomic E-state index is -4.76. The van der Waals surface area contributed by atoms with Gasteiger partial charge < -0.3 is 61.8 Å². The molecule has 0 saturated carbocycles. The third kappa shape index (κ3) is 12.0. The molecule has 0 spiro atoms. The lowest BCUT2D eigenvalue weighted by Gasteiger charge is -2.27. The molecule has 6 aliphatic rings. The number of thioether (sulfide) groups is 2. The Morgan fingerprint density at radius 2 is 1.06 bits per heavy atom. The summed E-state index contributed by atoms with van der Waals surface area (Å²) in [6.45, 7) is -10.3. The van der Waals surface area contributed by atoms with Gasteiger partial charge in [0.25, 0.3) is 11.1 Å². The molecule has 4 unspecified atom stereocenters. The highest BCUT2D eigenvalue weighted by Crippen LogP contribution is 2.61. The summed E-state index contributed by atoms with van der Waals surface area (Å²) in [6, 6.07) is 3.17. The molecule has 40 nitrogen and oxygen atoms in total. The fraction of sp³-hybridized carbons (Fsp3) is 0.500. The minimum Gasteiger partial charge on any atom is -0.396 e. The molecule has 6 aliphatic heterocycles. The molecule has 6 fully saturated rings. The predicted octanol–water partition coefficient (Wildman–Crippen LogP) is -0.456. The molecule has 15 N–H and O–H groups in total. The third-order valence-electron chi connectivity index (χ3n) is 14.4. The number of thiol groups is 1. The second-order valence-corrected chi connectivity index (χ2v) is 31.3. The number of phosphoric acid groups is 2. The summed E-state index contributed by atoms with van der Waals surface area (Å²) in [7, 11) is -9.51. The lowest BCUT2D eigenvalue weighted by molar-refractivity contribution is -0.0264. The van der Waals surface area contributed by atoms with Crippen LogP contribution in [0.1, 0.15) is 47.2 Å². The summed E-state index contributed by atoms with van der Waals surface area (Å²) in [5.74, 6) is -0.432. The van der Waals surface area contributed by atoms with Crippen LogP contribution in [0.15, 0.2) is 46.5 Å². The summed E-state index contributed by atoms with van der Waals surface area (Å²) in [5, 5.41) is 42.5. The van der Waals surface area contributed by atoms with Crippen molar-refractivity contribution in [3.05, 3.63) is 69.0 Å². The number of hydrogen-bond donors (Lipinski definition) is 12. The van der Waals surface area contributed by atoms with Crippen LogP contribution in [0.3, 0.4) is 0 Å². The Morgan fingerprint density at radius 3 is 1.52 bits per heavy atom. The third-order valence-corrected chi connectivity index (χ3v) is 22.7. The summed E-state index contributed by atoms with van der Waals surface area (Å²) >= 11 is 11.4. The van der Waals surface area contributed by atoms with E-state index in [0.29, 0.717) is 34.1 Å². The topological polar surface area (TPSA) is 562 Å². The Bertz CT molecular complexity index is 4090. The Balaban J connectivity index is 0.000000162. The average Bonchev–Trinajstić information content (AvgIpc) is 2.42. The number of nitrogens with zero attached hydrogens (tertiary/aromatic N) is 14. The molecule has 0 aliphatic carbocycles. The molecule has 88 heavy (non-hydrogen) atoms. The second-order valence-electron chi connectivity index (χ2n) is 20.1. The van der Waals surface area contributed by atoms with Gasteiger partial charge in [-0.3, -0.25) is 51.2 Å². The number of phosphoric ester groups is 2. The smallest absolute Gasteiger partial charge is 0.396 e. The fourth-order valence-corrected chi connectivity index (χ4v) is 18.6. The predicted molar refractivity (Wildman–Crippen MR) is 309 cm³/mol. The van der Waals surface area contributed by atoms with E-state index < -0.39 is 149 Å². The lowest BCUT2D eigenvalue weighted by atomic mass is 10.1. The number of anilines is 4. The van der Waals surface area contributed by atoms with Crippen molar-refractivity contribution in [3.8, 4) is 0 Å². The molecule has 48 heteroatoms. The van der Waals surface area contributed by atoms with Gasteiger partial charge in [0.2, 0.25) is 11.9 Å². The van der Waals surface area contributed by atoms with E-state index in [4.69, 9.17) is 80.4 Å². The van der Waals surface area contributed by atoms with Crippen LogP contribution in [-0.4, -0.2) is 190 Å². The number of aliphatic hydroxyl groups is 2. The Morgan fingerprint density at radius 1 is 0.614 bits per heavy atom. The first-order chi connectivity index (χ1) is 41.8. The fourth-order valence-electron chi connectivity index (χ4n) is 10.5. The summed E-state index contributed by atoms with van der Waals surface area (Å²) < 4.78 is 102. The van der Waals surface area contributed by atoms with Crippen LogP contribution in [0.5, 0.6) is 0 Å². The summed E-state index contributed by atoms with van der Waals surface area (Å²) in [6.07, 6.45) is -5.15. The summed E-state index contributed by atoms with van der Waals surface area (Å²) in [4.78, 5) is 78.3. The molecule has 18 atom stereocenters. The zero-order valence-corrected chi connectivity index (χ0v) is 51.1. The molecule has 472 valence electrons. The summed E-state index contributed by atoms with van der Waals surface area (Å²) in [5.41, 5.74) is 24.2. The number of aromatic nitrogens is 16. The molecule has 0 amide bonds. The minimum absolute atomic E-state index is 0.0348. The highest BCUT2D eigenvalue weighted by atomic mass is 32.7. The maximum absolute atomic E-state index is 13.5. The number of ether oxygens (including phenoxy) is 2. The molecule has 4 bridgehead atoms. The monoisotopic (exact) mass is 1380 g/mol. The molecule has 6 saturated heterocycles. The van der Waals surface area contributed by atoms with Crippen LogP contribution >= 0.6 is 64.9 Å². The van der Waals surface area contributed by atoms with Crippen molar-refractivity contribution in [1.82, 2.24) is 79.1 Å². The molecule has 8 aromatic heterocycles. The van der Waals surface area contributed by atoms with Crippen LogP contribution in [0, 0.1) is 0 Å². The molecule has 8 aromatic rings. The van der Waals surface area contributed by atoms with E-state index >= 15 is 0 Å². The van der Waals surface area contributed by atoms with E-state index in [9.17, 15) is 48.2 Å². The first-order valence-corrected chi connectivity index (χ1v) is 35.9. The van der Waals surface area contributed by atoms with Gasteiger partial charge >= 0.3 is 29.2 Å². The average molecular weight is 1380 g/mol. The standard InChI is InChI=1S/2C20H24N10O10P2S2/c2*21-7-1-2-24-29-8(4-23-16(7)29)9-3-10-11(38-9)5-37-42(35,43)40-15-14(31)12(6-36-41(33,34)39-10)44-19(15)30-17-13(27-28-30)18(32)26-20(22)25-17/h2*1-2,4,9-12,14-15,19,31H,3,5-6,21H2,(H,33,34)(H,35,43)(H3,22,25,26,32)/t2*9-,10+,11-,12-,14-,15-,19-,42?/m11/s1. The Kier molecular flexibility index (Phi) is 16.4. The number of fused-ring (bicyclic) bond motifs is 10. The number of nitrogen functional groups attached to an aromatic ring is 4. The maximum Gasteiger partial charge on any atom is 0.472 e. The highest BCUT2D eigenvalue weighted by Gasteiger charge is 2.54. The number of nitrogens with one attached hydrogen (secondary N) is 2. The van der Waals surface area contributed by atoms with Gasteiger partial charge in [-0.25, -0.2) is 42.1 Å². The largest absolute Gasteiger partial charge is 0.472 e. The number of rotatable bonds is 4. The molecular weight excluding hydrogens is 1330 g/mol. The van der Waals surface area contributed by atoms with Crippen LogP contribution in [0.25, 0.3) is 33.6 Å².